The van der Waals surface area contributed by atoms with E-state index in [4.69, 9.17) is 18.6 Å². The van der Waals surface area contributed by atoms with Crippen LogP contribution in [0, 0.1) is 0 Å². The zero-order valence-electron chi connectivity index (χ0n) is 22.7. The van der Waals surface area contributed by atoms with Gasteiger partial charge in [-0.05, 0) is 72.8 Å². The topological polar surface area (TPSA) is 116 Å². The molecule has 9 nitrogen and oxygen atoms in total. The first-order chi connectivity index (χ1) is 19.9. The molecule has 1 aromatic heterocycles. The second kappa shape index (κ2) is 13.5. The van der Waals surface area contributed by atoms with Gasteiger partial charge in [-0.15, -0.1) is 0 Å². The molecule has 0 aliphatic carbocycles. The minimum Gasteiger partial charge on any atom is -0.496 e. The van der Waals surface area contributed by atoms with Crippen LogP contribution in [0.2, 0.25) is 0 Å². The smallest absolute Gasteiger partial charge is 0.272 e. The summed E-state index contributed by atoms with van der Waals surface area (Å²) in [5.41, 5.74) is 1.63. The summed E-state index contributed by atoms with van der Waals surface area (Å²) in [6.45, 7) is 0. The molecule has 9 heteroatoms. The van der Waals surface area contributed by atoms with Crippen LogP contribution >= 0.6 is 0 Å². The number of nitrogens with one attached hydrogen (secondary N) is 2. The van der Waals surface area contributed by atoms with E-state index in [2.05, 4.69) is 10.6 Å². The van der Waals surface area contributed by atoms with E-state index in [0.29, 0.717) is 45.4 Å². The Morgan fingerprint density at radius 3 is 2.07 bits per heavy atom. The number of anilines is 1. The third-order valence-electron chi connectivity index (χ3n) is 5.93. The fourth-order valence-corrected chi connectivity index (χ4v) is 3.82. The van der Waals surface area contributed by atoms with Gasteiger partial charge in [-0.2, -0.15) is 0 Å². The third kappa shape index (κ3) is 7.30. The maximum atomic E-state index is 13.4. The lowest BCUT2D eigenvalue weighted by Gasteiger charge is -2.15. The summed E-state index contributed by atoms with van der Waals surface area (Å²) < 4.78 is 21.4. The van der Waals surface area contributed by atoms with Gasteiger partial charge >= 0.3 is 0 Å². The first kappa shape index (κ1) is 28.4. The average molecular weight is 553 g/mol. The first-order valence-electron chi connectivity index (χ1n) is 12.5. The number of carbonyl (C=O) groups is 3. The number of hydrogen-bond donors (Lipinski definition) is 2. The Hall–Kier alpha value is -5.57. The number of rotatable bonds is 11. The molecule has 4 aromatic rings. The summed E-state index contributed by atoms with van der Waals surface area (Å²) in [6, 6.07) is 21.6. The van der Waals surface area contributed by atoms with Crippen molar-refractivity contribution in [3.05, 3.63) is 119 Å². The van der Waals surface area contributed by atoms with Crippen molar-refractivity contribution in [3.8, 4) is 17.2 Å². The Kier molecular flexibility index (Phi) is 9.35. The molecule has 0 spiro atoms. The van der Waals surface area contributed by atoms with Crippen molar-refractivity contribution in [3.63, 3.8) is 0 Å². The molecule has 41 heavy (non-hydrogen) atoms. The van der Waals surface area contributed by atoms with Crippen LogP contribution in [0.4, 0.5) is 5.69 Å². The van der Waals surface area contributed by atoms with E-state index >= 15 is 0 Å². The van der Waals surface area contributed by atoms with E-state index in [-0.39, 0.29) is 11.5 Å². The number of carbonyl (C=O) groups excluding carboxylic acids is 3. The Bertz CT molecular complexity index is 1570. The highest BCUT2D eigenvalue weighted by Crippen LogP contribution is 2.35. The molecule has 2 amide bonds. The van der Waals surface area contributed by atoms with E-state index in [9.17, 15) is 14.4 Å². The number of furan rings is 1. The molecule has 0 unspecified atom stereocenters. The van der Waals surface area contributed by atoms with Crippen LogP contribution in [0.5, 0.6) is 17.2 Å². The van der Waals surface area contributed by atoms with Crippen molar-refractivity contribution in [2.75, 3.05) is 26.6 Å². The van der Waals surface area contributed by atoms with Gasteiger partial charge in [-0.1, -0.05) is 18.2 Å². The Morgan fingerprint density at radius 1 is 0.756 bits per heavy atom. The zero-order valence-corrected chi connectivity index (χ0v) is 22.7. The number of methoxy groups -OCH3 is 3. The number of amides is 2. The normalized spacial score (nSPS) is 11.1. The van der Waals surface area contributed by atoms with Crippen molar-refractivity contribution >= 4 is 35.4 Å². The van der Waals surface area contributed by atoms with Crippen LogP contribution in [-0.4, -0.2) is 38.9 Å². The number of benzene rings is 3. The van der Waals surface area contributed by atoms with Gasteiger partial charge in [-0.25, -0.2) is 0 Å². The summed E-state index contributed by atoms with van der Waals surface area (Å²) in [6.07, 6.45) is 5.98. The van der Waals surface area contributed by atoms with Crippen LogP contribution < -0.4 is 24.8 Å². The van der Waals surface area contributed by atoms with E-state index in [1.165, 1.54) is 39.7 Å². The highest BCUT2D eigenvalue weighted by molar-refractivity contribution is 6.11. The van der Waals surface area contributed by atoms with Crippen LogP contribution in [0.3, 0.4) is 0 Å². The molecule has 0 fully saturated rings. The van der Waals surface area contributed by atoms with Gasteiger partial charge in [0, 0.05) is 28.4 Å². The predicted octanol–water partition coefficient (Wildman–Crippen LogP) is 5.61. The van der Waals surface area contributed by atoms with Crippen LogP contribution in [0.1, 0.15) is 32.0 Å². The molecular weight excluding hydrogens is 524 g/mol. The summed E-state index contributed by atoms with van der Waals surface area (Å²) in [5, 5.41) is 5.45. The van der Waals surface area contributed by atoms with Gasteiger partial charge < -0.3 is 29.3 Å². The van der Waals surface area contributed by atoms with E-state index in [1.807, 2.05) is 0 Å². The van der Waals surface area contributed by atoms with Crippen molar-refractivity contribution in [1.82, 2.24) is 5.32 Å². The molecule has 0 aliphatic rings. The van der Waals surface area contributed by atoms with Crippen LogP contribution in [0.15, 0.2) is 101 Å². The van der Waals surface area contributed by atoms with Gasteiger partial charge in [0.15, 0.2) is 17.3 Å². The Morgan fingerprint density at radius 2 is 1.44 bits per heavy atom. The second-order valence-corrected chi connectivity index (χ2v) is 8.57. The molecule has 0 atom stereocenters. The maximum Gasteiger partial charge on any atom is 0.272 e. The second-order valence-electron chi connectivity index (χ2n) is 8.57. The summed E-state index contributed by atoms with van der Waals surface area (Å²) in [4.78, 5) is 38.9. The Labute approximate surface area is 237 Å². The van der Waals surface area contributed by atoms with Gasteiger partial charge in [0.2, 0.25) is 0 Å². The van der Waals surface area contributed by atoms with Crippen molar-refractivity contribution in [2.24, 2.45) is 0 Å². The lowest BCUT2D eigenvalue weighted by atomic mass is 10.1. The molecule has 2 N–H and O–H groups in total. The lowest BCUT2D eigenvalue weighted by Crippen LogP contribution is -2.30. The quantitative estimate of drug-likeness (QED) is 0.184. The Balaban J connectivity index is 1.60. The minimum atomic E-state index is -0.595. The lowest BCUT2D eigenvalue weighted by molar-refractivity contribution is -0.113. The standard InChI is InChI=1S/C32H28N2O7/c1-38-28-20-30(40-3)29(39-2)19-23(28)18-26(34-31(36)22-8-5-4-6-9-22)32(37)33-24-13-11-21(12-14-24)27(35)16-15-25-10-7-17-41-25/h4-20H,1-3H3,(H,33,37)(H,34,36)/b16-15+,26-18-. The van der Waals surface area contributed by atoms with Crippen molar-refractivity contribution in [2.45, 2.75) is 0 Å². The molecule has 0 radical (unpaired) electrons. The fraction of sp³-hybridized carbons (Fsp3) is 0.0938. The predicted molar refractivity (Wildman–Crippen MR) is 155 cm³/mol. The van der Waals surface area contributed by atoms with Gasteiger partial charge in [0.25, 0.3) is 11.8 Å². The maximum absolute atomic E-state index is 13.4. The third-order valence-corrected chi connectivity index (χ3v) is 5.93. The molecule has 3 aromatic carbocycles. The zero-order chi connectivity index (χ0) is 29.2. The van der Waals surface area contributed by atoms with E-state index < -0.39 is 11.8 Å². The molecular formula is C32H28N2O7. The van der Waals surface area contributed by atoms with Gasteiger partial charge in [0.1, 0.15) is 17.2 Å². The molecule has 0 aliphatic heterocycles. The summed E-state index contributed by atoms with van der Waals surface area (Å²) >= 11 is 0. The van der Waals surface area contributed by atoms with Crippen molar-refractivity contribution < 1.29 is 33.0 Å². The first-order valence-corrected chi connectivity index (χ1v) is 12.5. The van der Waals surface area contributed by atoms with Gasteiger partial charge in [0.05, 0.1) is 27.6 Å². The summed E-state index contributed by atoms with van der Waals surface area (Å²) in [7, 11) is 4.47. The number of ketones is 1. The van der Waals surface area contributed by atoms with Gasteiger partial charge in [-0.3, -0.25) is 14.4 Å². The van der Waals surface area contributed by atoms with E-state index in [1.54, 1.807) is 84.9 Å². The number of ether oxygens (including phenoxy) is 3. The highest BCUT2D eigenvalue weighted by atomic mass is 16.5. The van der Waals surface area contributed by atoms with Crippen molar-refractivity contribution in [1.29, 1.82) is 0 Å². The van der Waals surface area contributed by atoms with E-state index in [0.717, 1.165) is 0 Å². The molecule has 0 bridgehead atoms. The molecule has 4 rings (SSSR count). The average Bonchev–Trinajstić information content (AvgIpc) is 3.53. The monoisotopic (exact) mass is 552 g/mol. The highest BCUT2D eigenvalue weighted by Gasteiger charge is 2.18. The fourth-order valence-electron chi connectivity index (χ4n) is 3.82. The van der Waals surface area contributed by atoms with Crippen LogP contribution in [0.25, 0.3) is 12.2 Å². The summed E-state index contributed by atoms with van der Waals surface area (Å²) in [5.74, 6) is 0.510. The molecule has 0 saturated heterocycles. The number of allylic oxidation sites excluding steroid dienone is 1. The molecule has 208 valence electrons. The minimum absolute atomic E-state index is 0.0501. The number of hydrogen-bond acceptors (Lipinski definition) is 7. The molecule has 1 heterocycles. The molecule has 0 saturated carbocycles. The SMILES string of the molecule is COc1cc(OC)c(OC)cc1/C=C(\NC(=O)c1ccccc1)C(=O)Nc1ccc(C(=O)/C=C/c2ccco2)cc1. The largest absolute Gasteiger partial charge is 0.496 e. The van der Waals surface area contributed by atoms with Crippen LogP contribution in [-0.2, 0) is 4.79 Å².